The Kier molecular flexibility index (Phi) is 7.29. The summed E-state index contributed by atoms with van der Waals surface area (Å²) in [7, 11) is 3.31. The lowest BCUT2D eigenvalue weighted by atomic mass is 9.74. The van der Waals surface area contributed by atoms with Gasteiger partial charge in [0.05, 0.1) is 25.5 Å². The van der Waals surface area contributed by atoms with Crippen molar-refractivity contribution in [1.82, 2.24) is 9.88 Å². The highest BCUT2D eigenvalue weighted by atomic mass is 16.5. The first-order valence-corrected chi connectivity index (χ1v) is 10.1. The third-order valence-electron chi connectivity index (χ3n) is 5.91. The Morgan fingerprint density at radius 3 is 2.69 bits per heavy atom. The Bertz CT molecular complexity index is 776. The third-order valence-corrected chi connectivity index (χ3v) is 5.91. The molecule has 2 atom stereocenters. The number of hydrogen-bond donors (Lipinski definition) is 2. The van der Waals surface area contributed by atoms with Crippen molar-refractivity contribution in [2.45, 2.75) is 38.8 Å². The molecule has 7 heteroatoms. The predicted octanol–water partition coefficient (Wildman–Crippen LogP) is 2.63. The maximum Gasteiger partial charge on any atom is 0.226 e. The van der Waals surface area contributed by atoms with E-state index >= 15 is 0 Å². The molecule has 0 unspecified atom stereocenters. The van der Waals surface area contributed by atoms with Crippen LogP contribution in [-0.4, -0.2) is 66.7 Å². The number of methoxy groups -OCH3 is 2. The van der Waals surface area contributed by atoms with Crippen molar-refractivity contribution in [2.75, 3.05) is 40.5 Å². The number of likely N-dealkylation sites (tertiary alicyclic amines) is 1. The molecule has 0 aliphatic carbocycles. The number of rotatable bonds is 9. The molecule has 0 saturated carbocycles. The van der Waals surface area contributed by atoms with E-state index in [2.05, 4.69) is 4.90 Å². The summed E-state index contributed by atoms with van der Waals surface area (Å²) in [6.45, 7) is 4.53. The maximum atomic E-state index is 10.6. The van der Waals surface area contributed by atoms with Crippen molar-refractivity contribution < 1.29 is 24.1 Å². The van der Waals surface area contributed by atoms with E-state index in [9.17, 15) is 10.2 Å². The van der Waals surface area contributed by atoms with Gasteiger partial charge in [0.25, 0.3) is 0 Å². The SMILES string of the molecule is COCCC[C@@]1(CO)CN(Cc2nc(-c3ccc(OC)cc3)oc2C)CC[C@H]1O. The van der Waals surface area contributed by atoms with Gasteiger partial charge >= 0.3 is 0 Å². The number of oxazole rings is 1. The number of ether oxygens (including phenoxy) is 2. The summed E-state index contributed by atoms with van der Waals surface area (Å²) in [4.78, 5) is 6.95. The second-order valence-corrected chi connectivity index (χ2v) is 7.88. The number of aryl methyl sites for hydroxylation is 1. The largest absolute Gasteiger partial charge is 0.497 e. The third kappa shape index (κ3) is 4.98. The molecule has 2 heterocycles. The van der Waals surface area contributed by atoms with Crippen molar-refractivity contribution in [1.29, 1.82) is 0 Å². The van der Waals surface area contributed by atoms with Gasteiger partial charge in [0.2, 0.25) is 5.89 Å². The monoisotopic (exact) mass is 404 g/mol. The average molecular weight is 405 g/mol. The molecule has 2 N–H and O–H groups in total. The van der Waals surface area contributed by atoms with E-state index in [1.807, 2.05) is 31.2 Å². The van der Waals surface area contributed by atoms with Crippen LogP contribution in [0, 0.1) is 12.3 Å². The number of aliphatic hydroxyl groups excluding tert-OH is 2. The lowest BCUT2D eigenvalue weighted by Gasteiger charge is -2.45. The van der Waals surface area contributed by atoms with Crippen LogP contribution in [0.2, 0.25) is 0 Å². The lowest BCUT2D eigenvalue weighted by Crippen LogP contribution is -2.53. The molecule has 1 fully saturated rings. The Morgan fingerprint density at radius 1 is 1.28 bits per heavy atom. The zero-order chi connectivity index (χ0) is 20.9. The standard InChI is InChI=1S/C22H32N2O5/c1-16-19(23-21(29-16)17-5-7-18(28-3)8-6-17)13-24-11-9-20(26)22(14-24,15-25)10-4-12-27-2/h5-8,20,25-26H,4,9-15H2,1-3H3/t20-,22+/m1/s1. The zero-order valence-corrected chi connectivity index (χ0v) is 17.6. The summed E-state index contributed by atoms with van der Waals surface area (Å²) in [5.74, 6) is 2.17. The first-order valence-electron chi connectivity index (χ1n) is 10.1. The summed E-state index contributed by atoms with van der Waals surface area (Å²) < 4.78 is 16.3. The quantitative estimate of drug-likeness (QED) is 0.621. The number of hydrogen-bond acceptors (Lipinski definition) is 7. The van der Waals surface area contributed by atoms with Crippen molar-refractivity contribution in [2.24, 2.45) is 5.41 Å². The highest BCUT2D eigenvalue weighted by Crippen LogP contribution is 2.35. The van der Waals surface area contributed by atoms with Gasteiger partial charge < -0.3 is 24.1 Å². The molecular weight excluding hydrogens is 372 g/mol. The number of piperidine rings is 1. The van der Waals surface area contributed by atoms with Crippen LogP contribution in [0.15, 0.2) is 28.7 Å². The van der Waals surface area contributed by atoms with Crippen LogP contribution < -0.4 is 4.74 Å². The van der Waals surface area contributed by atoms with E-state index in [0.717, 1.165) is 42.2 Å². The first kappa shape index (κ1) is 21.8. The van der Waals surface area contributed by atoms with Gasteiger partial charge in [-0.1, -0.05) is 0 Å². The smallest absolute Gasteiger partial charge is 0.226 e. The number of aliphatic hydroxyl groups is 2. The number of aromatic nitrogens is 1. The summed E-state index contributed by atoms with van der Waals surface area (Å²) in [6, 6.07) is 7.63. The van der Waals surface area contributed by atoms with E-state index in [1.165, 1.54) is 0 Å². The van der Waals surface area contributed by atoms with E-state index < -0.39 is 11.5 Å². The number of nitrogens with zero attached hydrogens (tertiary/aromatic N) is 2. The van der Waals surface area contributed by atoms with Crippen molar-refractivity contribution in [3.63, 3.8) is 0 Å². The van der Waals surface area contributed by atoms with E-state index in [-0.39, 0.29) is 6.61 Å². The summed E-state index contributed by atoms with van der Waals surface area (Å²) in [5.41, 5.74) is 1.27. The predicted molar refractivity (Wildman–Crippen MR) is 110 cm³/mol. The molecule has 7 nitrogen and oxygen atoms in total. The fourth-order valence-electron chi connectivity index (χ4n) is 4.07. The molecule has 0 bridgehead atoms. The Labute approximate surface area is 172 Å². The molecule has 160 valence electrons. The van der Waals surface area contributed by atoms with Crippen LogP contribution in [0.3, 0.4) is 0 Å². The fourth-order valence-corrected chi connectivity index (χ4v) is 4.07. The van der Waals surface area contributed by atoms with Crippen LogP contribution in [0.4, 0.5) is 0 Å². The zero-order valence-electron chi connectivity index (χ0n) is 17.6. The Morgan fingerprint density at radius 2 is 2.03 bits per heavy atom. The highest BCUT2D eigenvalue weighted by molar-refractivity contribution is 5.55. The van der Waals surface area contributed by atoms with E-state index in [0.29, 0.717) is 32.0 Å². The minimum Gasteiger partial charge on any atom is -0.497 e. The average Bonchev–Trinajstić information content (AvgIpc) is 3.10. The van der Waals surface area contributed by atoms with Gasteiger partial charge in [-0.05, 0) is 50.5 Å². The van der Waals surface area contributed by atoms with Crippen LogP contribution >= 0.6 is 0 Å². The number of benzene rings is 1. The molecule has 0 spiro atoms. The van der Waals surface area contributed by atoms with Crippen molar-refractivity contribution >= 4 is 0 Å². The second kappa shape index (κ2) is 9.71. The highest BCUT2D eigenvalue weighted by Gasteiger charge is 2.42. The van der Waals surface area contributed by atoms with Crippen molar-refractivity contribution in [3.05, 3.63) is 35.7 Å². The molecule has 2 aromatic rings. The molecule has 29 heavy (non-hydrogen) atoms. The summed E-state index contributed by atoms with van der Waals surface area (Å²) >= 11 is 0. The molecule has 1 saturated heterocycles. The first-order chi connectivity index (χ1) is 14.0. The molecule has 1 aromatic carbocycles. The molecule has 1 aliphatic heterocycles. The van der Waals surface area contributed by atoms with Gasteiger partial charge in [-0.15, -0.1) is 0 Å². The Hall–Kier alpha value is -1.93. The van der Waals surface area contributed by atoms with Crippen LogP contribution in [0.5, 0.6) is 5.75 Å². The van der Waals surface area contributed by atoms with Gasteiger partial charge in [0.15, 0.2) is 0 Å². The molecular formula is C22H32N2O5. The van der Waals surface area contributed by atoms with Gasteiger partial charge in [-0.25, -0.2) is 4.98 Å². The minimum absolute atomic E-state index is 0.0384. The van der Waals surface area contributed by atoms with Gasteiger partial charge in [0.1, 0.15) is 11.5 Å². The fraction of sp³-hybridized carbons (Fsp3) is 0.591. The van der Waals surface area contributed by atoms with Crippen LogP contribution in [-0.2, 0) is 11.3 Å². The molecule has 1 aromatic heterocycles. The van der Waals surface area contributed by atoms with Crippen LogP contribution in [0.25, 0.3) is 11.5 Å². The molecule has 1 aliphatic rings. The van der Waals surface area contributed by atoms with Gasteiger partial charge in [-0.2, -0.15) is 0 Å². The topological polar surface area (TPSA) is 88.2 Å². The summed E-state index contributed by atoms with van der Waals surface area (Å²) in [5, 5.41) is 20.7. The Balaban J connectivity index is 1.71. The van der Waals surface area contributed by atoms with Crippen molar-refractivity contribution in [3.8, 4) is 17.2 Å². The molecule has 3 rings (SSSR count). The second-order valence-electron chi connectivity index (χ2n) is 7.88. The van der Waals surface area contributed by atoms with E-state index in [1.54, 1.807) is 14.2 Å². The van der Waals surface area contributed by atoms with Gasteiger partial charge in [-0.3, -0.25) is 4.90 Å². The molecule has 0 amide bonds. The maximum absolute atomic E-state index is 10.6. The minimum atomic E-state index is -0.521. The van der Waals surface area contributed by atoms with Crippen LogP contribution in [0.1, 0.15) is 30.7 Å². The lowest BCUT2D eigenvalue weighted by molar-refractivity contribution is -0.0845. The summed E-state index contributed by atoms with van der Waals surface area (Å²) in [6.07, 6.45) is 1.67. The van der Waals surface area contributed by atoms with E-state index in [4.69, 9.17) is 18.9 Å². The van der Waals surface area contributed by atoms with Gasteiger partial charge in [0, 0.05) is 44.3 Å². The molecule has 0 radical (unpaired) electrons. The normalized spacial score (nSPS) is 22.7.